The minimum Gasteiger partial charge on any atom is -0.328 e. The fourth-order valence-corrected chi connectivity index (χ4v) is 1.87. The molecule has 3 nitrogen and oxygen atoms in total. The van der Waals surface area contributed by atoms with Crippen LogP contribution in [0, 0.1) is 5.92 Å². The summed E-state index contributed by atoms with van der Waals surface area (Å²) in [5, 5.41) is 0. The highest BCUT2D eigenvalue weighted by Crippen LogP contribution is 2.09. The predicted molar refractivity (Wildman–Crippen MR) is 72.7 cm³/mol. The van der Waals surface area contributed by atoms with Crippen LogP contribution in [0.25, 0.3) is 0 Å². The van der Waals surface area contributed by atoms with Gasteiger partial charge in [0.25, 0.3) is 0 Å². The monoisotopic (exact) mass is 229 g/mol. The minimum absolute atomic E-state index is 0.360. The summed E-state index contributed by atoms with van der Waals surface area (Å²) in [6.07, 6.45) is 3.72. The summed E-state index contributed by atoms with van der Waals surface area (Å²) >= 11 is 0. The molecule has 16 heavy (non-hydrogen) atoms. The highest BCUT2D eigenvalue weighted by Gasteiger charge is 2.07. The standard InChI is InChI=1S/C13H31N3/c1-12(7-6-8-13(2)14)11-16(5)10-9-15(3)4/h12-13H,6-11,14H2,1-5H3. The molecule has 0 amide bonds. The van der Waals surface area contributed by atoms with E-state index in [2.05, 4.69) is 44.8 Å². The highest BCUT2D eigenvalue weighted by atomic mass is 15.1. The van der Waals surface area contributed by atoms with Crippen molar-refractivity contribution in [2.75, 3.05) is 40.8 Å². The molecule has 98 valence electrons. The Labute approximate surface area is 102 Å². The Morgan fingerprint density at radius 1 is 1.00 bits per heavy atom. The summed E-state index contributed by atoms with van der Waals surface area (Å²) in [5.41, 5.74) is 5.74. The van der Waals surface area contributed by atoms with Gasteiger partial charge in [-0.05, 0) is 46.8 Å². The van der Waals surface area contributed by atoms with Gasteiger partial charge in [0.15, 0.2) is 0 Å². The zero-order valence-electron chi connectivity index (χ0n) is 11.9. The third-order valence-corrected chi connectivity index (χ3v) is 2.91. The van der Waals surface area contributed by atoms with E-state index in [1.54, 1.807) is 0 Å². The third-order valence-electron chi connectivity index (χ3n) is 2.91. The quantitative estimate of drug-likeness (QED) is 0.652. The molecule has 0 radical (unpaired) electrons. The van der Waals surface area contributed by atoms with Crippen LogP contribution in [-0.2, 0) is 0 Å². The van der Waals surface area contributed by atoms with Crippen LogP contribution in [0.4, 0.5) is 0 Å². The zero-order valence-corrected chi connectivity index (χ0v) is 11.9. The summed E-state index contributed by atoms with van der Waals surface area (Å²) < 4.78 is 0. The second-order valence-electron chi connectivity index (χ2n) is 5.58. The van der Waals surface area contributed by atoms with Crippen LogP contribution in [0.1, 0.15) is 33.1 Å². The van der Waals surface area contributed by atoms with Crippen molar-refractivity contribution in [2.45, 2.75) is 39.2 Å². The number of likely N-dealkylation sites (N-methyl/N-ethyl adjacent to an activating group) is 2. The predicted octanol–water partition coefficient (Wildman–Crippen LogP) is 1.63. The maximum absolute atomic E-state index is 5.74. The number of nitrogens with two attached hydrogens (primary N) is 1. The van der Waals surface area contributed by atoms with Crippen molar-refractivity contribution < 1.29 is 0 Å². The van der Waals surface area contributed by atoms with Crippen molar-refractivity contribution in [3.63, 3.8) is 0 Å². The molecule has 0 aliphatic carbocycles. The molecule has 0 aromatic heterocycles. The lowest BCUT2D eigenvalue weighted by atomic mass is 10.0. The minimum atomic E-state index is 0.360. The fraction of sp³-hybridized carbons (Fsp3) is 1.00. The van der Waals surface area contributed by atoms with Gasteiger partial charge in [0, 0.05) is 25.7 Å². The van der Waals surface area contributed by atoms with Gasteiger partial charge in [-0.3, -0.25) is 0 Å². The highest BCUT2D eigenvalue weighted by molar-refractivity contribution is 4.62. The lowest BCUT2D eigenvalue weighted by Crippen LogP contribution is -2.31. The summed E-state index contributed by atoms with van der Waals surface area (Å²) in [6.45, 7) is 7.93. The van der Waals surface area contributed by atoms with Crippen LogP contribution in [0.5, 0.6) is 0 Å². The molecule has 0 aliphatic heterocycles. The van der Waals surface area contributed by atoms with Gasteiger partial charge in [0.1, 0.15) is 0 Å². The van der Waals surface area contributed by atoms with E-state index in [1.807, 2.05) is 0 Å². The molecule has 0 saturated carbocycles. The van der Waals surface area contributed by atoms with Crippen LogP contribution in [0.2, 0.25) is 0 Å². The Hall–Kier alpha value is -0.120. The molecular weight excluding hydrogens is 198 g/mol. The molecule has 3 heteroatoms. The third kappa shape index (κ3) is 10.4. The Bertz CT molecular complexity index is 157. The SMILES string of the molecule is CC(N)CCCC(C)CN(C)CCN(C)C. The van der Waals surface area contributed by atoms with Crippen molar-refractivity contribution >= 4 is 0 Å². The van der Waals surface area contributed by atoms with Crippen molar-refractivity contribution in [3.05, 3.63) is 0 Å². The van der Waals surface area contributed by atoms with Gasteiger partial charge < -0.3 is 15.5 Å². The van der Waals surface area contributed by atoms with Crippen LogP contribution >= 0.6 is 0 Å². The van der Waals surface area contributed by atoms with E-state index in [4.69, 9.17) is 5.73 Å². The molecule has 2 atom stereocenters. The fourth-order valence-electron chi connectivity index (χ4n) is 1.87. The van der Waals surface area contributed by atoms with Crippen molar-refractivity contribution in [2.24, 2.45) is 11.7 Å². The molecule has 0 rings (SSSR count). The molecule has 0 heterocycles. The van der Waals surface area contributed by atoms with E-state index in [-0.39, 0.29) is 0 Å². The average molecular weight is 229 g/mol. The first-order valence-corrected chi connectivity index (χ1v) is 6.50. The first-order valence-electron chi connectivity index (χ1n) is 6.50. The van der Waals surface area contributed by atoms with E-state index in [0.29, 0.717) is 6.04 Å². The maximum Gasteiger partial charge on any atom is 0.0106 e. The molecule has 0 fully saturated rings. The molecular formula is C13H31N3. The Balaban J connectivity index is 3.50. The molecule has 2 unspecified atom stereocenters. The van der Waals surface area contributed by atoms with E-state index < -0.39 is 0 Å². The molecule has 0 aromatic rings. The molecule has 0 aliphatic rings. The number of nitrogens with zero attached hydrogens (tertiary/aromatic N) is 2. The Morgan fingerprint density at radius 3 is 2.12 bits per heavy atom. The Kier molecular flexibility index (Phi) is 8.90. The molecule has 0 spiro atoms. The van der Waals surface area contributed by atoms with Gasteiger partial charge in [-0.15, -0.1) is 0 Å². The largest absolute Gasteiger partial charge is 0.328 e. The van der Waals surface area contributed by atoms with E-state index in [1.165, 1.54) is 19.4 Å². The van der Waals surface area contributed by atoms with Crippen molar-refractivity contribution in [1.29, 1.82) is 0 Å². The maximum atomic E-state index is 5.74. The summed E-state index contributed by atoms with van der Waals surface area (Å²) in [6, 6.07) is 0.360. The number of hydrogen-bond acceptors (Lipinski definition) is 3. The first kappa shape index (κ1) is 15.9. The van der Waals surface area contributed by atoms with Crippen LogP contribution in [0.15, 0.2) is 0 Å². The summed E-state index contributed by atoms with van der Waals surface area (Å²) in [5.74, 6) is 0.783. The second kappa shape index (κ2) is 8.97. The van der Waals surface area contributed by atoms with Gasteiger partial charge in [-0.2, -0.15) is 0 Å². The van der Waals surface area contributed by atoms with Crippen LogP contribution < -0.4 is 5.73 Å². The van der Waals surface area contributed by atoms with E-state index in [0.717, 1.165) is 25.4 Å². The first-order chi connectivity index (χ1) is 7.41. The van der Waals surface area contributed by atoms with Crippen LogP contribution in [-0.4, -0.2) is 56.6 Å². The topological polar surface area (TPSA) is 32.5 Å². The van der Waals surface area contributed by atoms with Gasteiger partial charge in [0.05, 0.1) is 0 Å². The molecule has 0 bridgehead atoms. The lowest BCUT2D eigenvalue weighted by molar-refractivity contribution is 0.245. The summed E-state index contributed by atoms with van der Waals surface area (Å²) in [4.78, 5) is 4.66. The smallest absolute Gasteiger partial charge is 0.0106 e. The molecule has 0 aromatic carbocycles. The Morgan fingerprint density at radius 2 is 1.62 bits per heavy atom. The molecule has 2 N–H and O–H groups in total. The normalized spacial score (nSPS) is 15.8. The van der Waals surface area contributed by atoms with Gasteiger partial charge in [-0.25, -0.2) is 0 Å². The average Bonchev–Trinajstić information content (AvgIpc) is 2.14. The second-order valence-corrected chi connectivity index (χ2v) is 5.58. The van der Waals surface area contributed by atoms with E-state index >= 15 is 0 Å². The zero-order chi connectivity index (χ0) is 12.6. The van der Waals surface area contributed by atoms with Gasteiger partial charge in [0.2, 0.25) is 0 Å². The van der Waals surface area contributed by atoms with Crippen molar-refractivity contribution in [1.82, 2.24) is 9.80 Å². The van der Waals surface area contributed by atoms with Gasteiger partial charge >= 0.3 is 0 Å². The van der Waals surface area contributed by atoms with E-state index in [9.17, 15) is 0 Å². The lowest BCUT2D eigenvalue weighted by Gasteiger charge is -2.23. The molecule has 0 saturated heterocycles. The van der Waals surface area contributed by atoms with Crippen LogP contribution in [0.3, 0.4) is 0 Å². The van der Waals surface area contributed by atoms with Gasteiger partial charge in [-0.1, -0.05) is 13.3 Å². The number of hydrogen-bond donors (Lipinski definition) is 1. The number of rotatable bonds is 9. The summed E-state index contributed by atoms with van der Waals surface area (Å²) in [7, 11) is 6.46. The van der Waals surface area contributed by atoms with Crippen molar-refractivity contribution in [3.8, 4) is 0 Å².